The molecule has 1 saturated heterocycles. The summed E-state index contributed by atoms with van der Waals surface area (Å²) in [6.45, 7) is 8.39. The fourth-order valence-electron chi connectivity index (χ4n) is 4.01. The van der Waals surface area contributed by atoms with E-state index in [-0.39, 0.29) is 6.04 Å². The highest BCUT2D eigenvalue weighted by Crippen LogP contribution is 2.47. The zero-order chi connectivity index (χ0) is 16.6. The van der Waals surface area contributed by atoms with Gasteiger partial charge in [-0.2, -0.15) is 0 Å². The van der Waals surface area contributed by atoms with Crippen molar-refractivity contribution in [2.75, 3.05) is 27.4 Å². The lowest BCUT2D eigenvalue weighted by molar-refractivity contribution is -0.00775. The van der Waals surface area contributed by atoms with Crippen molar-refractivity contribution in [2.24, 2.45) is 5.92 Å². The molecule has 23 heavy (non-hydrogen) atoms. The Hall–Kier alpha value is -1.68. The van der Waals surface area contributed by atoms with E-state index in [1.54, 1.807) is 14.2 Å². The van der Waals surface area contributed by atoms with Crippen molar-refractivity contribution in [1.29, 1.82) is 0 Å². The number of fused-ring (bicyclic) bond motifs is 2. The topological polar surface area (TPSA) is 30.9 Å². The Bertz CT molecular complexity index is 611. The summed E-state index contributed by atoms with van der Waals surface area (Å²) in [7, 11) is 3.41. The van der Waals surface area contributed by atoms with Gasteiger partial charge in [0.2, 0.25) is 0 Å². The normalized spacial score (nSPS) is 26.2. The third-order valence-corrected chi connectivity index (χ3v) is 5.20. The second kappa shape index (κ2) is 6.44. The van der Waals surface area contributed by atoms with Crippen LogP contribution in [-0.2, 0) is 4.74 Å². The molecule has 2 aliphatic heterocycles. The average Bonchev–Trinajstić information content (AvgIpc) is 2.57. The van der Waals surface area contributed by atoms with Gasteiger partial charge in [-0.05, 0) is 38.0 Å². The smallest absolute Gasteiger partial charge is 0.166 e. The van der Waals surface area contributed by atoms with Gasteiger partial charge in [0.15, 0.2) is 11.5 Å². The van der Waals surface area contributed by atoms with Gasteiger partial charge in [-0.1, -0.05) is 13.0 Å². The Morgan fingerprint density at radius 2 is 1.96 bits per heavy atom. The zero-order valence-corrected chi connectivity index (χ0v) is 14.8. The van der Waals surface area contributed by atoms with Gasteiger partial charge in [-0.15, -0.1) is 0 Å². The number of nitrogens with zero attached hydrogens (tertiary/aromatic N) is 1. The van der Waals surface area contributed by atoms with Crippen LogP contribution < -0.4 is 9.47 Å². The van der Waals surface area contributed by atoms with Crippen molar-refractivity contribution in [1.82, 2.24) is 4.90 Å². The molecule has 126 valence electrons. The van der Waals surface area contributed by atoms with Crippen LogP contribution in [0.15, 0.2) is 17.8 Å². The van der Waals surface area contributed by atoms with Crippen LogP contribution in [0.5, 0.6) is 11.5 Å². The average molecular weight is 317 g/mol. The van der Waals surface area contributed by atoms with E-state index in [1.165, 1.54) is 16.8 Å². The van der Waals surface area contributed by atoms with Crippen LogP contribution in [0.4, 0.5) is 0 Å². The highest BCUT2D eigenvalue weighted by atomic mass is 16.5. The Kier molecular flexibility index (Phi) is 4.53. The summed E-state index contributed by atoms with van der Waals surface area (Å²) in [6, 6.07) is 4.40. The van der Waals surface area contributed by atoms with Crippen LogP contribution in [0.2, 0.25) is 0 Å². The number of benzene rings is 1. The quantitative estimate of drug-likeness (QED) is 0.843. The first-order valence-corrected chi connectivity index (χ1v) is 8.47. The van der Waals surface area contributed by atoms with Gasteiger partial charge in [-0.3, -0.25) is 0 Å². The van der Waals surface area contributed by atoms with Crippen molar-refractivity contribution in [2.45, 2.75) is 39.3 Å². The summed E-state index contributed by atoms with van der Waals surface area (Å²) in [4.78, 5) is 2.49. The molecule has 0 bridgehead atoms. The maximum absolute atomic E-state index is 5.94. The molecule has 1 aromatic rings. The molecule has 1 aromatic carbocycles. The molecule has 3 atom stereocenters. The van der Waals surface area contributed by atoms with Gasteiger partial charge in [0, 0.05) is 30.3 Å². The van der Waals surface area contributed by atoms with E-state index in [2.05, 4.69) is 37.8 Å². The number of methoxy groups -OCH3 is 2. The molecule has 1 fully saturated rings. The van der Waals surface area contributed by atoms with Gasteiger partial charge in [0.25, 0.3) is 0 Å². The van der Waals surface area contributed by atoms with E-state index >= 15 is 0 Å². The number of hydrogen-bond donors (Lipinski definition) is 0. The molecular weight excluding hydrogens is 290 g/mol. The Labute approximate surface area is 139 Å². The van der Waals surface area contributed by atoms with Crippen molar-refractivity contribution in [3.05, 3.63) is 29.0 Å². The highest BCUT2D eigenvalue weighted by molar-refractivity contribution is 5.67. The number of piperidine rings is 1. The van der Waals surface area contributed by atoms with Crippen molar-refractivity contribution >= 4 is 6.08 Å². The molecule has 3 rings (SSSR count). The molecule has 4 nitrogen and oxygen atoms in total. The minimum absolute atomic E-state index is 0.278. The first kappa shape index (κ1) is 16.2. The van der Waals surface area contributed by atoms with Gasteiger partial charge >= 0.3 is 0 Å². The van der Waals surface area contributed by atoms with Crippen LogP contribution in [0.1, 0.15) is 44.4 Å². The molecule has 4 heteroatoms. The van der Waals surface area contributed by atoms with Crippen LogP contribution >= 0.6 is 0 Å². The van der Waals surface area contributed by atoms with Crippen molar-refractivity contribution in [3.8, 4) is 11.5 Å². The molecular formula is C19H27NO3. The van der Waals surface area contributed by atoms with E-state index in [4.69, 9.17) is 14.2 Å². The fourth-order valence-corrected chi connectivity index (χ4v) is 4.01. The SMILES string of the molecule is CCO[C@H]1CCN2C(=Cc3ccc(OC)c(OC)c3C2C)C1C. The first-order chi connectivity index (χ1) is 11.1. The van der Waals surface area contributed by atoms with Crippen LogP contribution in [-0.4, -0.2) is 38.4 Å². The predicted molar refractivity (Wildman–Crippen MR) is 91.8 cm³/mol. The summed E-state index contributed by atoms with van der Waals surface area (Å²) in [5.74, 6) is 2.06. The van der Waals surface area contributed by atoms with Crippen molar-refractivity contribution < 1.29 is 14.2 Å². The molecule has 0 spiro atoms. The third-order valence-electron chi connectivity index (χ3n) is 5.20. The fraction of sp³-hybridized carbons (Fsp3) is 0.579. The third kappa shape index (κ3) is 2.59. The summed E-state index contributed by atoms with van der Waals surface area (Å²) < 4.78 is 17.1. The number of ether oxygens (including phenoxy) is 3. The van der Waals surface area contributed by atoms with Gasteiger partial charge in [-0.25, -0.2) is 0 Å². The lowest BCUT2D eigenvalue weighted by atomic mass is 9.84. The van der Waals surface area contributed by atoms with E-state index in [9.17, 15) is 0 Å². The molecule has 2 unspecified atom stereocenters. The van der Waals surface area contributed by atoms with E-state index in [1.807, 2.05) is 6.07 Å². The van der Waals surface area contributed by atoms with E-state index < -0.39 is 0 Å². The molecule has 0 aromatic heterocycles. The first-order valence-electron chi connectivity index (χ1n) is 8.47. The molecule has 0 radical (unpaired) electrons. The largest absolute Gasteiger partial charge is 0.493 e. The molecule has 0 saturated carbocycles. The predicted octanol–water partition coefficient (Wildman–Crippen LogP) is 3.87. The highest BCUT2D eigenvalue weighted by Gasteiger charge is 2.37. The van der Waals surface area contributed by atoms with Crippen LogP contribution in [0.25, 0.3) is 6.08 Å². The van der Waals surface area contributed by atoms with E-state index in [0.717, 1.165) is 31.1 Å². The summed E-state index contributed by atoms with van der Waals surface area (Å²) in [5.41, 5.74) is 3.82. The monoisotopic (exact) mass is 317 g/mol. The molecule has 2 heterocycles. The van der Waals surface area contributed by atoms with Gasteiger partial charge in [0.05, 0.1) is 26.4 Å². The maximum Gasteiger partial charge on any atom is 0.166 e. The van der Waals surface area contributed by atoms with Gasteiger partial charge in [0.1, 0.15) is 0 Å². The van der Waals surface area contributed by atoms with Crippen LogP contribution in [0, 0.1) is 5.92 Å². The Balaban J connectivity index is 2.06. The maximum atomic E-state index is 5.94. The number of hydrogen-bond acceptors (Lipinski definition) is 4. The van der Waals surface area contributed by atoms with Crippen molar-refractivity contribution in [3.63, 3.8) is 0 Å². The summed E-state index contributed by atoms with van der Waals surface area (Å²) in [5, 5.41) is 0. The van der Waals surface area contributed by atoms with Crippen LogP contribution in [0.3, 0.4) is 0 Å². The molecule has 0 N–H and O–H groups in total. The molecule has 2 aliphatic rings. The summed E-state index contributed by atoms with van der Waals surface area (Å²) in [6.07, 6.45) is 3.68. The number of rotatable bonds is 4. The minimum Gasteiger partial charge on any atom is -0.493 e. The lowest BCUT2D eigenvalue weighted by Gasteiger charge is -2.46. The van der Waals surface area contributed by atoms with Gasteiger partial charge < -0.3 is 19.1 Å². The second-order valence-corrected chi connectivity index (χ2v) is 6.31. The zero-order valence-electron chi connectivity index (χ0n) is 14.8. The molecule has 0 amide bonds. The summed E-state index contributed by atoms with van der Waals surface area (Å²) >= 11 is 0. The second-order valence-electron chi connectivity index (χ2n) is 6.31. The lowest BCUT2D eigenvalue weighted by Crippen LogP contribution is -2.43. The Morgan fingerprint density at radius 1 is 1.17 bits per heavy atom. The molecule has 0 aliphatic carbocycles. The Morgan fingerprint density at radius 3 is 2.61 bits per heavy atom. The standard InChI is InChI=1S/C19H27NO3/c1-6-23-16-9-10-20-13(3)18-14(11-15(20)12(16)2)7-8-17(21-4)19(18)22-5/h7-8,11-13,16H,6,9-10H2,1-5H3/t12?,13?,16-/m0/s1. The van der Waals surface area contributed by atoms with E-state index in [0.29, 0.717) is 12.0 Å². The minimum atomic E-state index is 0.278.